The molecule has 2 amide bonds. The van der Waals surface area contributed by atoms with Crippen LogP contribution in [0.25, 0.3) is 0 Å². The first-order valence-electron chi connectivity index (χ1n) is 11.8. The second kappa shape index (κ2) is 11.8. The highest BCUT2D eigenvalue weighted by Crippen LogP contribution is 2.29. The molecule has 1 N–H and O–H groups in total. The smallest absolute Gasteiger partial charge is 0.247 e. The fourth-order valence-electron chi connectivity index (χ4n) is 4.55. The van der Waals surface area contributed by atoms with E-state index in [1.807, 2.05) is 53.9 Å². The molecular weight excluding hydrogens is 446 g/mol. The van der Waals surface area contributed by atoms with Crippen LogP contribution in [0.2, 0.25) is 0 Å². The van der Waals surface area contributed by atoms with Crippen molar-refractivity contribution < 1.29 is 14.3 Å². The zero-order valence-corrected chi connectivity index (χ0v) is 20.3. The average Bonchev–Trinajstić information content (AvgIpc) is 3.38. The molecule has 1 aliphatic carbocycles. The molecule has 0 unspecified atom stereocenters. The molecule has 1 saturated carbocycles. The Balaban J connectivity index is 1.69. The van der Waals surface area contributed by atoms with Gasteiger partial charge in [-0.2, -0.15) is 0 Å². The number of pyridine rings is 1. The monoisotopic (exact) mass is 477 g/mol. The van der Waals surface area contributed by atoms with Crippen LogP contribution in [0.1, 0.15) is 54.1 Å². The molecule has 1 aliphatic rings. The van der Waals surface area contributed by atoms with Crippen molar-refractivity contribution in [3.63, 3.8) is 0 Å². The van der Waals surface area contributed by atoms with E-state index in [2.05, 4.69) is 10.3 Å². The third-order valence-corrected chi connectivity index (χ3v) is 7.17. The number of aromatic nitrogens is 1. The van der Waals surface area contributed by atoms with Crippen LogP contribution in [0.5, 0.6) is 5.75 Å². The predicted molar refractivity (Wildman–Crippen MR) is 134 cm³/mol. The van der Waals surface area contributed by atoms with Gasteiger partial charge in [0.25, 0.3) is 0 Å². The number of rotatable bonds is 9. The van der Waals surface area contributed by atoms with Gasteiger partial charge in [0.2, 0.25) is 11.8 Å². The molecule has 34 heavy (non-hydrogen) atoms. The third kappa shape index (κ3) is 6.03. The fourth-order valence-corrected chi connectivity index (χ4v) is 5.25. The van der Waals surface area contributed by atoms with Crippen LogP contribution in [0, 0.1) is 0 Å². The molecule has 1 atom stereocenters. The Hall–Kier alpha value is -3.19. The summed E-state index contributed by atoms with van der Waals surface area (Å²) in [7, 11) is 1.62. The molecular formula is C27H31N3O3S. The van der Waals surface area contributed by atoms with Gasteiger partial charge in [-0.15, -0.1) is 11.3 Å². The summed E-state index contributed by atoms with van der Waals surface area (Å²) in [5.74, 6) is 0.444. The van der Waals surface area contributed by atoms with E-state index in [0.717, 1.165) is 41.7 Å². The zero-order chi connectivity index (χ0) is 23.8. The summed E-state index contributed by atoms with van der Waals surface area (Å²) in [6, 6.07) is 14.5. The fraction of sp³-hybridized carbons (Fsp3) is 0.370. The number of ether oxygens (including phenoxy) is 1. The number of para-hydroxylation sites is 1. The Morgan fingerprint density at radius 2 is 1.85 bits per heavy atom. The van der Waals surface area contributed by atoms with Crippen LogP contribution in [0.3, 0.4) is 0 Å². The van der Waals surface area contributed by atoms with Gasteiger partial charge in [-0.3, -0.25) is 14.6 Å². The molecule has 0 aliphatic heterocycles. The van der Waals surface area contributed by atoms with Crippen molar-refractivity contribution in [2.75, 3.05) is 7.11 Å². The van der Waals surface area contributed by atoms with Crippen LogP contribution in [0.4, 0.5) is 0 Å². The molecule has 2 aromatic heterocycles. The second-order valence-electron chi connectivity index (χ2n) is 8.62. The number of nitrogens with zero attached hydrogens (tertiary/aromatic N) is 2. The summed E-state index contributed by atoms with van der Waals surface area (Å²) < 4.78 is 5.55. The lowest BCUT2D eigenvalue weighted by atomic mass is 9.94. The summed E-state index contributed by atoms with van der Waals surface area (Å²) in [5, 5.41) is 5.21. The third-order valence-electron chi connectivity index (χ3n) is 6.29. The lowest BCUT2D eigenvalue weighted by molar-refractivity contribution is -0.141. The zero-order valence-electron chi connectivity index (χ0n) is 19.5. The first-order chi connectivity index (χ1) is 16.7. The molecule has 1 fully saturated rings. The van der Waals surface area contributed by atoms with Crippen molar-refractivity contribution in [3.8, 4) is 5.75 Å². The lowest BCUT2D eigenvalue weighted by Crippen LogP contribution is -2.47. The molecule has 2 heterocycles. The standard InChI is InChI=1S/C27H31N3O3S/c1-33-24-12-6-5-8-21(24)19-30(25(31)18-23-11-7-17-34-23)26(20-13-15-28-16-14-20)27(32)29-22-9-3-2-4-10-22/h5-8,11-17,22,26H,2-4,9-10,18-19H2,1H3,(H,29,32)/t26-/m0/s1. The van der Waals surface area contributed by atoms with Crippen LogP contribution in [-0.4, -0.2) is 34.8 Å². The predicted octanol–water partition coefficient (Wildman–Crippen LogP) is 4.91. The normalized spacial score (nSPS) is 14.9. The maximum absolute atomic E-state index is 13.8. The minimum Gasteiger partial charge on any atom is -0.496 e. The molecule has 0 saturated heterocycles. The van der Waals surface area contributed by atoms with Crippen molar-refractivity contribution in [2.24, 2.45) is 0 Å². The van der Waals surface area contributed by atoms with Crippen molar-refractivity contribution in [1.29, 1.82) is 0 Å². The summed E-state index contributed by atoms with van der Waals surface area (Å²) in [4.78, 5) is 34.3. The van der Waals surface area contributed by atoms with E-state index >= 15 is 0 Å². The van der Waals surface area contributed by atoms with Gasteiger partial charge in [0.05, 0.1) is 20.1 Å². The van der Waals surface area contributed by atoms with Crippen molar-refractivity contribution >= 4 is 23.2 Å². The Labute approximate surface area is 205 Å². The molecule has 3 aromatic rings. The minimum absolute atomic E-state index is 0.103. The molecule has 0 radical (unpaired) electrons. The number of methoxy groups -OCH3 is 1. The summed E-state index contributed by atoms with van der Waals surface area (Å²) in [5.41, 5.74) is 1.60. The Morgan fingerprint density at radius 1 is 1.09 bits per heavy atom. The van der Waals surface area contributed by atoms with E-state index in [-0.39, 0.29) is 30.8 Å². The molecule has 178 valence electrons. The summed E-state index contributed by atoms with van der Waals surface area (Å²) in [6.07, 6.45) is 8.97. The summed E-state index contributed by atoms with van der Waals surface area (Å²) >= 11 is 1.54. The van der Waals surface area contributed by atoms with E-state index < -0.39 is 6.04 Å². The van der Waals surface area contributed by atoms with Crippen LogP contribution in [-0.2, 0) is 22.6 Å². The van der Waals surface area contributed by atoms with Gasteiger partial charge in [-0.05, 0) is 48.1 Å². The van der Waals surface area contributed by atoms with Crippen molar-refractivity contribution in [2.45, 2.75) is 57.2 Å². The first kappa shape index (κ1) is 24.0. The van der Waals surface area contributed by atoms with Gasteiger partial charge >= 0.3 is 0 Å². The number of hydrogen-bond donors (Lipinski definition) is 1. The number of benzene rings is 1. The molecule has 4 rings (SSSR count). The van der Waals surface area contributed by atoms with Gasteiger partial charge in [0.1, 0.15) is 11.8 Å². The number of nitrogens with one attached hydrogen (secondary N) is 1. The van der Waals surface area contributed by atoms with Crippen LogP contribution in [0.15, 0.2) is 66.3 Å². The van der Waals surface area contributed by atoms with Gasteiger partial charge in [0.15, 0.2) is 0 Å². The van der Waals surface area contributed by atoms with E-state index in [1.165, 1.54) is 6.42 Å². The Kier molecular flexibility index (Phi) is 8.31. The highest BCUT2D eigenvalue weighted by molar-refractivity contribution is 7.10. The Bertz CT molecular complexity index is 1070. The number of carbonyl (C=O) groups is 2. The van der Waals surface area contributed by atoms with Gasteiger partial charge < -0.3 is 15.0 Å². The maximum atomic E-state index is 13.8. The highest BCUT2D eigenvalue weighted by atomic mass is 32.1. The van der Waals surface area contributed by atoms with E-state index in [4.69, 9.17) is 4.74 Å². The topological polar surface area (TPSA) is 71.5 Å². The highest BCUT2D eigenvalue weighted by Gasteiger charge is 2.33. The van der Waals surface area contributed by atoms with Crippen molar-refractivity contribution in [3.05, 3.63) is 82.3 Å². The summed E-state index contributed by atoms with van der Waals surface area (Å²) in [6.45, 7) is 0.263. The molecule has 0 bridgehead atoms. The lowest BCUT2D eigenvalue weighted by Gasteiger charge is -2.33. The number of hydrogen-bond acceptors (Lipinski definition) is 5. The number of thiophene rings is 1. The van der Waals surface area contributed by atoms with Gasteiger partial charge in [-0.1, -0.05) is 43.5 Å². The largest absolute Gasteiger partial charge is 0.496 e. The molecule has 7 heteroatoms. The minimum atomic E-state index is -0.762. The molecule has 0 spiro atoms. The van der Waals surface area contributed by atoms with Crippen molar-refractivity contribution in [1.82, 2.24) is 15.2 Å². The molecule has 6 nitrogen and oxygen atoms in total. The first-order valence-corrected chi connectivity index (χ1v) is 12.7. The number of amides is 2. The van der Waals surface area contributed by atoms with Gasteiger partial charge in [-0.25, -0.2) is 0 Å². The van der Waals surface area contributed by atoms with Gasteiger partial charge in [0, 0.05) is 28.9 Å². The number of carbonyl (C=O) groups excluding carboxylic acids is 2. The van der Waals surface area contributed by atoms with E-state index in [9.17, 15) is 9.59 Å². The van der Waals surface area contributed by atoms with E-state index in [1.54, 1.807) is 35.7 Å². The maximum Gasteiger partial charge on any atom is 0.247 e. The van der Waals surface area contributed by atoms with Crippen LogP contribution >= 0.6 is 11.3 Å². The molecule has 1 aromatic carbocycles. The average molecular weight is 478 g/mol. The Morgan fingerprint density at radius 3 is 2.56 bits per heavy atom. The SMILES string of the molecule is COc1ccccc1CN(C(=O)Cc1cccs1)[C@H](C(=O)NC1CCCCC1)c1ccncc1. The quantitative estimate of drug-likeness (QED) is 0.475. The second-order valence-corrected chi connectivity index (χ2v) is 9.65. The van der Waals surface area contributed by atoms with E-state index in [0.29, 0.717) is 5.75 Å². The van der Waals surface area contributed by atoms with Crippen LogP contribution < -0.4 is 10.1 Å².